The standard InChI is InChI=1S/C15H23N3O2/c1-4-9-18-14(19)8-7-13(16-18)15(20)17(10-11(2)3)12-5-6-12/h7-8,11-12H,4-6,9-10H2,1-3H3. The summed E-state index contributed by atoms with van der Waals surface area (Å²) in [5.41, 5.74) is 0.232. The fraction of sp³-hybridized carbons (Fsp3) is 0.667. The van der Waals surface area contributed by atoms with Crippen LogP contribution in [0.5, 0.6) is 0 Å². The summed E-state index contributed by atoms with van der Waals surface area (Å²) < 4.78 is 1.38. The molecule has 1 aliphatic rings. The smallest absolute Gasteiger partial charge is 0.274 e. The Morgan fingerprint density at radius 2 is 2.15 bits per heavy atom. The molecule has 0 radical (unpaired) electrons. The lowest BCUT2D eigenvalue weighted by atomic mass is 10.2. The van der Waals surface area contributed by atoms with Crippen molar-refractivity contribution in [2.75, 3.05) is 6.54 Å². The van der Waals surface area contributed by atoms with Gasteiger partial charge in [-0.1, -0.05) is 20.8 Å². The second-order valence-corrected chi connectivity index (χ2v) is 5.86. The molecule has 0 spiro atoms. The first-order valence-corrected chi connectivity index (χ1v) is 7.42. The highest BCUT2D eigenvalue weighted by molar-refractivity contribution is 5.92. The maximum absolute atomic E-state index is 12.6. The van der Waals surface area contributed by atoms with E-state index in [1.807, 2.05) is 11.8 Å². The summed E-state index contributed by atoms with van der Waals surface area (Å²) in [6.45, 7) is 7.49. The average molecular weight is 277 g/mol. The van der Waals surface area contributed by atoms with Gasteiger partial charge in [-0.25, -0.2) is 4.68 Å². The van der Waals surface area contributed by atoms with E-state index in [4.69, 9.17) is 0 Å². The third kappa shape index (κ3) is 3.46. The number of carbonyl (C=O) groups is 1. The average Bonchev–Trinajstić information content (AvgIpc) is 3.22. The highest BCUT2D eigenvalue weighted by Crippen LogP contribution is 2.28. The van der Waals surface area contributed by atoms with Crippen LogP contribution in [0.15, 0.2) is 16.9 Å². The summed E-state index contributed by atoms with van der Waals surface area (Å²) in [6.07, 6.45) is 2.98. The Hall–Kier alpha value is -1.65. The van der Waals surface area contributed by atoms with Crippen LogP contribution < -0.4 is 5.56 Å². The first-order chi connectivity index (χ1) is 9.52. The van der Waals surface area contributed by atoms with Crippen LogP contribution in [0.1, 0.15) is 50.5 Å². The van der Waals surface area contributed by atoms with Gasteiger partial charge in [0.1, 0.15) is 5.69 Å². The second kappa shape index (κ2) is 6.20. The molecule has 0 aromatic carbocycles. The van der Waals surface area contributed by atoms with Gasteiger partial charge in [-0.15, -0.1) is 0 Å². The number of hydrogen-bond acceptors (Lipinski definition) is 3. The molecule has 0 N–H and O–H groups in total. The minimum atomic E-state index is -0.148. The molecule has 1 fully saturated rings. The number of aromatic nitrogens is 2. The second-order valence-electron chi connectivity index (χ2n) is 5.86. The fourth-order valence-corrected chi connectivity index (χ4v) is 2.26. The predicted octanol–water partition coefficient (Wildman–Crippen LogP) is 1.91. The largest absolute Gasteiger partial charge is 0.334 e. The minimum Gasteiger partial charge on any atom is -0.334 e. The zero-order valence-electron chi connectivity index (χ0n) is 12.5. The van der Waals surface area contributed by atoms with E-state index < -0.39 is 0 Å². The Labute approximate surface area is 119 Å². The van der Waals surface area contributed by atoms with Gasteiger partial charge in [0.05, 0.1) is 0 Å². The summed E-state index contributed by atoms with van der Waals surface area (Å²) in [7, 11) is 0. The van der Waals surface area contributed by atoms with E-state index in [-0.39, 0.29) is 11.5 Å². The van der Waals surface area contributed by atoms with Crippen molar-refractivity contribution in [2.45, 2.75) is 52.6 Å². The molecule has 0 atom stereocenters. The van der Waals surface area contributed by atoms with E-state index in [0.29, 0.717) is 24.2 Å². The van der Waals surface area contributed by atoms with Crippen molar-refractivity contribution in [2.24, 2.45) is 5.92 Å². The Morgan fingerprint density at radius 1 is 1.45 bits per heavy atom. The molecule has 2 rings (SSSR count). The van der Waals surface area contributed by atoms with Crippen LogP contribution in [0.2, 0.25) is 0 Å². The number of rotatable bonds is 6. The van der Waals surface area contributed by atoms with Gasteiger partial charge in [0.25, 0.3) is 11.5 Å². The summed E-state index contributed by atoms with van der Waals surface area (Å²) in [5.74, 6) is 0.382. The van der Waals surface area contributed by atoms with E-state index in [1.54, 1.807) is 6.07 Å². The van der Waals surface area contributed by atoms with Crippen LogP contribution in [0.3, 0.4) is 0 Å². The molecule has 0 unspecified atom stereocenters. The molecule has 0 aliphatic heterocycles. The quantitative estimate of drug-likeness (QED) is 0.798. The van der Waals surface area contributed by atoms with Gasteiger partial charge in [0.2, 0.25) is 0 Å². The zero-order valence-corrected chi connectivity index (χ0v) is 12.5. The Kier molecular flexibility index (Phi) is 4.57. The monoisotopic (exact) mass is 277 g/mol. The highest BCUT2D eigenvalue weighted by atomic mass is 16.2. The molecule has 5 heteroatoms. The molecule has 1 amide bonds. The van der Waals surface area contributed by atoms with E-state index in [9.17, 15) is 9.59 Å². The summed E-state index contributed by atoms with van der Waals surface area (Å²) in [6, 6.07) is 3.35. The fourth-order valence-electron chi connectivity index (χ4n) is 2.26. The Balaban J connectivity index is 2.22. The van der Waals surface area contributed by atoms with Crippen molar-refractivity contribution in [3.8, 4) is 0 Å². The van der Waals surface area contributed by atoms with Crippen molar-refractivity contribution in [3.05, 3.63) is 28.2 Å². The number of hydrogen-bond donors (Lipinski definition) is 0. The van der Waals surface area contributed by atoms with E-state index in [2.05, 4.69) is 18.9 Å². The maximum atomic E-state index is 12.6. The SMILES string of the molecule is CCCn1nc(C(=O)N(CC(C)C)C2CC2)ccc1=O. The van der Waals surface area contributed by atoms with Gasteiger partial charge >= 0.3 is 0 Å². The first-order valence-electron chi connectivity index (χ1n) is 7.42. The third-order valence-corrected chi connectivity index (χ3v) is 3.33. The molecule has 1 heterocycles. The molecule has 1 aliphatic carbocycles. The molecule has 5 nitrogen and oxygen atoms in total. The molecular weight excluding hydrogens is 254 g/mol. The molecule has 20 heavy (non-hydrogen) atoms. The normalized spacial score (nSPS) is 14.6. The Morgan fingerprint density at radius 3 is 2.70 bits per heavy atom. The van der Waals surface area contributed by atoms with Gasteiger partial charge in [-0.3, -0.25) is 9.59 Å². The van der Waals surface area contributed by atoms with Crippen molar-refractivity contribution in [1.82, 2.24) is 14.7 Å². The van der Waals surface area contributed by atoms with Gasteiger partial charge in [-0.2, -0.15) is 5.10 Å². The van der Waals surface area contributed by atoms with E-state index >= 15 is 0 Å². The van der Waals surface area contributed by atoms with Crippen LogP contribution in [-0.2, 0) is 6.54 Å². The first kappa shape index (κ1) is 14.8. The van der Waals surface area contributed by atoms with Crippen molar-refractivity contribution in [3.63, 3.8) is 0 Å². The van der Waals surface area contributed by atoms with E-state index in [0.717, 1.165) is 25.8 Å². The van der Waals surface area contributed by atoms with Crippen molar-refractivity contribution < 1.29 is 4.79 Å². The number of amides is 1. The molecule has 110 valence electrons. The van der Waals surface area contributed by atoms with Crippen LogP contribution in [0, 0.1) is 5.92 Å². The topological polar surface area (TPSA) is 55.2 Å². The van der Waals surface area contributed by atoms with Gasteiger partial charge in [0, 0.05) is 25.2 Å². The lowest BCUT2D eigenvalue weighted by Gasteiger charge is -2.24. The van der Waals surface area contributed by atoms with Crippen LogP contribution in [0.25, 0.3) is 0 Å². The third-order valence-electron chi connectivity index (χ3n) is 3.33. The summed E-state index contributed by atoms with van der Waals surface area (Å²) >= 11 is 0. The zero-order chi connectivity index (χ0) is 14.7. The molecule has 1 saturated carbocycles. The summed E-state index contributed by atoms with van der Waals surface area (Å²) in [4.78, 5) is 26.1. The van der Waals surface area contributed by atoms with Gasteiger partial charge in [-0.05, 0) is 31.2 Å². The van der Waals surface area contributed by atoms with Gasteiger partial charge in [0.15, 0.2) is 0 Å². The molecule has 1 aromatic heterocycles. The number of aryl methyl sites for hydroxylation is 1. The highest BCUT2D eigenvalue weighted by Gasteiger charge is 2.34. The van der Waals surface area contributed by atoms with Crippen molar-refractivity contribution in [1.29, 1.82) is 0 Å². The maximum Gasteiger partial charge on any atom is 0.274 e. The molecular formula is C15H23N3O2. The molecule has 0 saturated heterocycles. The van der Waals surface area contributed by atoms with Crippen LogP contribution >= 0.6 is 0 Å². The minimum absolute atomic E-state index is 0.0500. The predicted molar refractivity (Wildman–Crippen MR) is 77.7 cm³/mol. The van der Waals surface area contributed by atoms with Crippen LogP contribution in [-0.4, -0.2) is 33.2 Å². The van der Waals surface area contributed by atoms with E-state index in [1.165, 1.54) is 10.7 Å². The van der Waals surface area contributed by atoms with Crippen molar-refractivity contribution >= 4 is 5.91 Å². The Bertz CT molecular complexity index is 532. The lowest BCUT2D eigenvalue weighted by molar-refractivity contribution is 0.0713. The summed E-state index contributed by atoms with van der Waals surface area (Å²) in [5, 5.41) is 4.21. The van der Waals surface area contributed by atoms with Crippen LogP contribution in [0.4, 0.5) is 0 Å². The lowest BCUT2D eigenvalue weighted by Crippen LogP contribution is -2.37. The molecule has 1 aromatic rings. The van der Waals surface area contributed by atoms with Gasteiger partial charge < -0.3 is 4.90 Å². The number of nitrogens with zero attached hydrogens (tertiary/aromatic N) is 3. The number of carbonyl (C=O) groups excluding carboxylic acids is 1. The molecule has 0 bridgehead atoms.